The highest BCUT2D eigenvalue weighted by molar-refractivity contribution is 5.09. The summed E-state index contributed by atoms with van der Waals surface area (Å²) in [6, 6.07) is 4.36. The summed E-state index contributed by atoms with van der Waals surface area (Å²) in [4.78, 5) is 6.28. The molecule has 1 heterocycles. The van der Waals surface area contributed by atoms with Crippen LogP contribution in [0.5, 0.6) is 0 Å². The fourth-order valence-corrected chi connectivity index (χ4v) is 1.94. The molecule has 0 aromatic carbocycles. The fourth-order valence-electron chi connectivity index (χ4n) is 1.94. The molecule has 0 aliphatic heterocycles. The zero-order chi connectivity index (χ0) is 12.0. The van der Waals surface area contributed by atoms with Gasteiger partial charge in [-0.1, -0.05) is 13.8 Å². The van der Waals surface area contributed by atoms with Crippen molar-refractivity contribution < 1.29 is 0 Å². The average Bonchev–Trinajstić information content (AvgIpc) is 2.17. The molecule has 0 amide bonds. The summed E-state index contributed by atoms with van der Waals surface area (Å²) in [5.41, 5.74) is 7.36. The largest absolute Gasteiger partial charge is 0.327 e. The molecule has 90 valence electrons. The van der Waals surface area contributed by atoms with Crippen LogP contribution in [0.2, 0.25) is 0 Å². The van der Waals surface area contributed by atoms with E-state index in [4.69, 9.17) is 5.73 Å². The Hall–Kier alpha value is -0.930. The van der Waals surface area contributed by atoms with Crippen molar-refractivity contribution in [2.24, 2.45) is 11.7 Å². The normalized spacial score (nSPS) is 13.4. The third-order valence-electron chi connectivity index (χ3n) is 2.52. The molecule has 1 aromatic rings. The van der Waals surface area contributed by atoms with Crippen molar-refractivity contribution in [1.29, 1.82) is 0 Å². The molecule has 3 heteroatoms. The number of hydrogen-bond acceptors (Lipinski definition) is 3. The standard InChI is InChI=1S/C13H23N3/c1-11(2)8-13(14)10-16(3)9-12-4-6-15-7-5-12/h4-7,11,13H,8-10,14H2,1-3H3. The zero-order valence-corrected chi connectivity index (χ0v) is 10.6. The Morgan fingerprint density at radius 3 is 2.50 bits per heavy atom. The molecule has 1 aromatic heterocycles. The molecule has 0 fully saturated rings. The van der Waals surface area contributed by atoms with E-state index < -0.39 is 0 Å². The number of hydrogen-bond donors (Lipinski definition) is 1. The minimum atomic E-state index is 0.270. The summed E-state index contributed by atoms with van der Waals surface area (Å²) < 4.78 is 0. The SMILES string of the molecule is CC(C)CC(N)CN(C)Cc1ccncc1. The lowest BCUT2D eigenvalue weighted by atomic mass is 10.0. The first-order valence-electron chi connectivity index (χ1n) is 5.91. The smallest absolute Gasteiger partial charge is 0.0271 e. The lowest BCUT2D eigenvalue weighted by Gasteiger charge is -2.22. The van der Waals surface area contributed by atoms with E-state index in [0.29, 0.717) is 5.92 Å². The van der Waals surface area contributed by atoms with Crippen LogP contribution in [0.25, 0.3) is 0 Å². The maximum atomic E-state index is 6.08. The summed E-state index contributed by atoms with van der Waals surface area (Å²) in [7, 11) is 2.11. The van der Waals surface area contributed by atoms with Crippen LogP contribution in [0.1, 0.15) is 25.8 Å². The second-order valence-electron chi connectivity index (χ2n) is 4.94. The van der Waals surface area contributed by atoms with Gasteiger partial charge in [0.15, 0.2) is 0 Å². The fraction of sp³-hybridized carbons (Fsp3) is 0.615. The van der Waals surface area contributed by atoms with Gasteiger partial charge in [-0.3, -0.25) is 4.98 Å². The highest BCUT2D eigenvalue weighted by Crippen LogP contribution is 2.06. The first-order valence-corrected chi connectivity index (χ1v) is 5.91. The van der Waals surface area contributed by atoms with Crippen LogP contribution in [0.15, 0.2) is 24.5 Å². The van der Waals surface area contributed by atoms with Crippen molar-refractivity contribution in [1.82, 2.24) is 9.88 Å². The van der Waals surface area contributed by atoms with Gasteiger partial charge < -0.3 is 10.6 Å². The van der Waals surface area contributed by atoms with Gasteiger partial charge in [0.2, 0.25) is 0 Å². The van der Waals surface area contributed by atoms with Gasteiger partial charge in [-0.2, -0.15) is 0 Å². The number of likely N-dealkylation sites (N-methyl/N-ethyl adjacent to an activating group) is 1. The number of nitrogens with two attached hydrogens (primary N) is 1. The molecule has 1 atom stereocenters. The van der Waals surface area contributed by atoms with Gasteiger partial charge in [0.05, 0.1) is 0 Å². The van der Waals surface area contributed by atoms with E-state index in [9.17, 15) is 0 Å². The van der Waals surface area contributed by atoms with E-state index in [0.717, 1.165) is 19.5 Å². The Balaban J connectivity index is 2.33. The Bertz CT molecular complexity index is 284. The Morgan fingerprint density at radius 1 is 1.31 bits per heavy atom. The predicted molar refractivity (Wildman–Crippen MR) is 68.0 cm³/mol. The molecule has 0 saturated carbocycles. The number of nitrogens with zero attached hydrogens (tertiary/aromatic N) is 2. The van der Waals surface area contributed by atoms with E-state index >= 15 is 0 Å². The molecule has 16 heavy (non-hydrogen) atoms. The van der Waals surface area contributed by atoms with Gasteiger partial charge in [0.25, 0.3) is 0 Å². The monoisotopic (exact) mass is 221 g/mol. The lowest BCUT2D eigenvalue weighted by molar-refractivity contribution is 0.287. The highest BCUT2D eigenvalue weighted by Gasteiger charge is 2.08. The molecule has 3 nitrogen and oxygen atoms in total. The van der Waals surface area contributed by atoms with Gasteiger partial charge >= 0.3 is 0 Å². The van der Waals surface area contributed by atoms with Crippen LogP contribution in [0.4, 0.5) is 0 Å². The van der Waals surface area contributed by atoms with E-state index in [1.54, 1.807) is 0 Å². The molecular formula is C13H23N3. The number of pyridine rings is 1. The minimum Gasteiger partial charge on any atom is -0.327 e. The summed E-state index contributed by atoms with van der Waals surface area (Å²) >= 11 is 0. The summed E-state index contributed by atoms with van der Waals surface area (Å²) in [6.45, 7) is 6.31. The van der Waals surface area contributed by atoms with E-state index in [1.807, 2.05) is 24.5 Å². The van der Waals surface area contributed by atoms with Crippen molar-refractivity contribution in [3.05, 3.63) is 30.1 Å². The van der Waals surface area contributed by atoms with Gasteiger partial charge in [0.1, 0.15) is 0 Å². The average molecular weight is 221 g/mol. The first-order chi connectivity index (χ1) is 7.58. The van der Waals surface area contributed by atoms with Crippen molar-refractivity contribution in [2.75, 3.05) is 13.6 Å². The molecule has 1 rings (SSSR count). The second kappa shape index (κ2) is 6.61. The van der Waals surface area contributed by atoms with Crippen LogP contribution in [-0.2, 0) is 6.54 Å². The van der Waals surface area contributed by atoms with Crippen LogP contribution in [0, 0.1) is 5.92 Å². The Labute approximate surface area is 98.7 Å². The molecular weight excluding hydrogens is 198 g/mol. The van der Waals surface area contributed by atoms with E-state index in [2.05, 4.69) is 30.8 Å². The van der Waals surface area contributed by atoms with Crippen LogP contribution in [-0.4, -0.2) is 29.5 Å². The quantitative estimate of drug-likeness (QED) is 0.797. The topological polar surface area (TPSA) is 42.1 Å². The van der Waals surface area contributed by atoms with Crippen molar-refractivity contribution >= 4 is 0 Å². The molecule has 0 saturated heterocycles. The van der Waals surface area contributed by atoms with Gasteiger partial charge in [-0.25, -0.2) is 0 Å². The maximum Gasteiger partial charge on any atom is 0.0271 e. The maximum absolute atomic E-state index is 6.08. The molecule has 0 aliphatic rings. The van der Waals surface area contributed by atoms with Crippen molar-refractivity contribution in [3.63, 3.8) is 0 Å². The van der Waals surface area contributed by atoms with Crippen LogP contribution in [0.3, 0.4) is 0 Å². The highest BCUT2D eigenvalue weighted by atomic mass is 15.1. The van der Waals surface area contributed by atoms with Gasteiger partial charge in [-0.05, 0) is 37.1 Å². The minimum absolute atomic E-state index is 0.270. The van der Waals surface area contributed by atoms with E-state index in [1.165, 1.54) is 5.56 Å². The van der Waals surface area contributed by atoms with Crippen LogP contribution >= 0.6 is 0 Å². The number of aromatic nitrogens is 1. The van der Waals surface area contributed by atoms with E-state index in [-0.39, 0.29) is 6.04 Å². The number of rotatable bonds is 6. The molecule has 0 radical (unpaired) electrons. The molecule has 0 bridgehead atoms. The molecule has 2 N–H and O–H groups in total. The van der Waals surface area contributed by atoms with Crippen molar-refractivity contribution in [2.45, 2.75) is 32.9 Å². The third kappa shape index (κ3) is 5.24. The van der Waals surface area contributed by atoms with Crippen LogP contribution < -0.4 is 5.73 Å². The molecule has 1 unspecified atom stereocenters. The Morgan fingerprint density at radius 2 is 1.94 bits per heavy atom. The summed E-state index contributed by atoms with van der Waals surface area (Å²) in [6.07, 6.45) is 4.75. The van der Waals surface area contributed by atoms with Gasteiger partial charge in [-0.15, -0.1) is 0 Å². The lowest BCUT2D eigenvalue weighted by Crippen LogP contribution is -2.35. The molecule has 0 aliphatic carbocycles. The third-order valence-corrected chi connectivity index (χ3v) is 2.52. The summed E-state index contributed by atoms with van der Waals surface area (Å²) in [5, 5.41) is 0. The van der Waals surface area contributed by atoms with Crippen molar-refractivity contribution in [3.8, 4) is 0 Å². The van der Waals surface area contributed by atoms with Gasteiger partial charge in [0, 0.05) is 31.5 Å². The predicted octanol–water partition coefficient (Wildman–Crippen LogP) is 1.89. The second-order valence-corrected chi connectivity index (χ2v) is 4.94. The molecule has 0 spiro atoms. The first kappa shape index (κ1) is 13.1. The zero-order valence-electron chi connectivity index (χ0n) is 10.6. The Kier molecular flexibility index (Phi) is 5.43. The summed E-state index contributed by atoms with van der Waals surface area (Å²) in [5.74, 6) is 0.671.